The van der Waals surface area contributed by atoms with E-state index in [1.54, 1.807) is 13.3 Å². The number of carbonyl (C=O) groups excluding carboxylic acids is 1. The molecule has 3 rings (SSSR count). The molecule has 7 heteroatoms. The Bertz CT molecular complexity index is 948. The minimum Gasteiger partial charge on any atom is -0.497 e. The van der Waals surface area contributed by atoms with Crippen molar-refractivity contribution >= 4 is 51.0 Å². The maximum absolute atomic E-state index is 12.1. The molecule has 3 aromatic rings. The number of aromatic nitrogens is 1. The van der Waals surface area contributed by atoms with Gasteiger partial charge in [-0.2, -0.15) is 0 Å². The van der Waals surface area contributed by atoms with Crippen LogP contribution in [0.5, 0.6) is 11.5 Å². The largest absolute Gasteiger partial charge is 0.497 e. The molecule has 1 aromatic heterocycles. The number of pyridine rings is 1. The van der Waals surface area contributed by atoms with Crippen LogP contribution in [0.2, 0.25) is 5.02 Å². The number of fused-ring (bicyclic) bond motifs is 1. The van der Waals surface area contributed by atoms with Crippen LogP contribution in [0.25, 0.3) is 10.9 Å². The lowest BCUT2D eigenvalue weighted by atomic mass is 10.1. The monoisotopic (exact) mass is 496 g/mol. The van der Waals surface area contributed by atoms with Gasteiger partial charge in [-0.3, -0.25) is 9.78 Å². The molecule has 140 valence electrons. The lowest BCUT2D eigenvalue weighted by Gasteiger charge is -2.12. The first-order valence-electron chi connectivity index (χ1n) is 8.33. The average Bonchev–Trinajstić information content (AvgIpc) is 2.68. The second-order valence-corrected chi connectivity index (χ2v) is 7.37. The van der Waals surface area contributed by atoms with Crippen LogP contribution in [-0.2, 0) is 11.2 Å². The molecule has 0 radical (unpaired) electrons. The number of nitrogens with one attached hydrogen (secondary N) is 1. The van der Waals surface area contributed by atoms with E-state index in [0.29, 0.717) is 22.8 Å². The molecule has 0 aliphatic carbocycles. The topological polar surface area (TPSA) is 60.5 Å². The number of benzene rings is 2. The van der Waals surface area contributed by atoms with Gasteiger partial charge in [0.1, 0.15) is 11.3 Å². The first kappa shape index (κ1) is 19.7. The van der Waals surface area contributed by atoms with E-state index in [9.17, 15) is 4.79 Å². The molecule has 2 aromatic carbocycles. The minimum atomic E-state index is -0.182. The van der Waals surface area contributed by atoms with Gasteiger partial charge in [0.2, 0.25) is 0 Å². The molecule has 0 fully saturated rings. The zero-order chi connectivity index (χ0) is 19.2. The summed E-state index contributed by atoms with van der Waals surface area (Å²) in [5, 5.41) is 4.28. The molecule has 27 heavy (non-hydrogen) atoms. The van der Waals surface area contributed by atoms with Crippen LogP contribution in [0.3, 0.4) is 0 Å². The van der Waals surface area contributed by atoms with Gasteiger partial charge < -0.3 is 14.8 Å². The van der Waals surface area contributed by atoms with Gasteiger partial charge in [0.05, 0.1) is 15.7 Å². The van der Waals surface area contributed by atoms with Crippen molar-refractivity contribution in [2.24, 2.45) is 0 Å². The number of rotatable bonds is 7. The Hall–Kier alpha value is -2.06. The second kappa shape index (κ2) is 9.23. The second-order valence-electron chi connectivity index (χ2n) is 5.81. The predicted molar refractivity (Wildman–Crippen MR) is 115 cm³/mol. The Kier molecular flexibility index (Phi) is 6.73. The van der Waals surface area contributed by atoms with Crippen LogP contribution in [0.15, 0.2) is 48.7 Å². The third kappa shape index (κ3) is 5.01. The molecule has 0 unspecified atom stereocenters. The summed E-state index contributed by atoms with van der Waals surface area (Å²) in [7, 11) is 1.63. The van der Waals surface area contributed by atoms with E-state index in [4.69, 9.17) is 21.1 Å². The zero-order valence-corrected chi connectivity index (χ0v) is 17.6. The van der Waals surface area contributed by atoms with Crippen LogP contribution in [0, 0.1) is 3.57 Å². The van der Waals surface area contributed by atoms with Crippen molar-refractivity contribution in [3.63, 3.8) is 0 Å². The Labute approximate surface area is 176 Å². The number of amides is 1. The van der Waals surface area contributed by atoms with E-state index in [2.05, 4.69) is 32.9 Å². The van der Waals surface area contributed by atoms with E-state index in [-0.39, 0.29) is 12.5 Å². The van der Waals surface area contributed by atoms with Gasteiger partial charge >= 0.3 is 0 Å². The maximum Gasteiger partial charge on any atom is 0.257 e. The molecule has 1 heterocycles. The van der Waals surface area contributed by atoms with Gasteiger partial charge in [-0.15, -0.1) is 0 Å². The van der Waals surface area contributed by atoms with Crippen LogP contribution in [0.4, 0.5) is 0 Å². The molecule has 1 amide bonds. The van der Waals surface area contributed by atoms with Gasteiger partial charge in [0.25, 0.3) is 5.91 Å². The van der Waals surface area contributed by atoms with Crippen LogP contribution >= 0.6 is 34.2 Å². The fourth-order valence-electron chi connectivity index (χ4n) is 2.61. The SMILES string of the molecule is COc1ccc(CCNC(=O)COc2c(I)cc(Cl)c3cccnc23)cc1. The predicted octanol–water partition coefficient (Wildman–Crippen LogP) is 4.24. The Morgan fingerprint density at radius 3 is 2.78 bits per heavy atom. The average molecular weight is 497 g/mol. The van der Waals surface area contributed by atoms with Crippen molar-refractivity contribution in [3.8, 4) is 11.5 Å². The number of nitrogens with zero attached hydrogens (tertiary/aromatic N) is 1. The molecular weight excluding hydrogens is 479 g/mol. The van der Waals surface area contributed by atoms with Crippen molar-refractivity contribution < 1.29 is 14.3 Å². The van der Waals surface area contributed by atoms with E-state index in [1.165, 1.54) is 0 Å². The number of ether oxygens (including phenoxy) is 2. The summed E-state index contributed by atoms with van der Waals surface area (Å²) < 4.78 is 11.7. The third-order valence-electron chi connectivity index (χ3n) is 3.99. The van der Waals surface area contributed by atoms with Crippen LogP contribution in [0.1, 0.15) is 5.56 Å². The van der Waals surface area contributed by atoms with E-state index >= 15 is 0 Å². The summed E-state index contributed by atoms with van der Waals surface area (Å²) in [5.41, 5.74) is 1.78. The molecule has 0 spiro atoms. The lowest BCUT2D eigenvalue weighted by Crippen LogP contribution is -2.30. The number of methoxy groups -OCH3 is 1. The Morgan fingerprint density at radius 1 is 1.26 bits per heavy atom. The smallest absolute Gasteiger partial charge is 0.257 e. The molecule has 0 aliphatic heterocycles. The maximum atomic E-state index is 12.1. The highest BCUT2D eigenvalue weighted by Gasteiger charge is 2.13. The molecule has 5 nitrogen and oxygen atoms in total. The highest BCUT2D eigenvalue weighted by Crippen LogP contribution is 2.34. The van der Waals surface area contributed by atoms with Crippen molar-refractivity contribution in [2.75, 3.05) is 20.3 Å². The quantitative estimate of drug-likeness (QED) is 0.497. The number of hydrogen-bond acceptors (Lipinski definition) is 4. The zero-order valence-electron chi connectivity index (χ0n) is 14.7. The van der Waals surface area contributed by atoms with Crippen molar-refractivity contribution in [1.82, 2.24) is 10.3 Å². The van der Waals surface area contributed by atoms with Gasteiger partial charge in [0.15, 0.2) is 12.4 Å². The molecule has 0 bridgehead atoms. The fourth-order valence-corrected chi connectivity index (χ4v) is 3.78. The molecule has 1 N–H and O–H groups in total. The molecule has 0 aliphatic rings. The van der Waals surface area contributed by atoms with Gasteiger partial charge in [-0.1, -0.05) is 23.7 Å². The highest BCUT2D eigenvalue weighted by atomic mass is 127. The lowest BCUT2D eigenvalue weighted by molar-refractivity contribution is -0.123. The molecule has 0 saturated carbocycles. The summed E-state index contributed by atoms with van der Waals surface area (Å²) in [4.78, 5) is 16.5. The summed E-state index contributed by atoms with van der Waals surface area (Å²) >= 11 is 8.39. The number of carbonyl (C=O) groups is 1. The van der Waals surface area contributed by atoms with E-state index in [1.807, 2.05) is 42.5 Å². The van der Waals surface area contributed by atoms with E-state index < -0.39 is 0 Å². The van der Waals surface area contributed by atoms with Crippen LogP contribution in [-0.4, -0.2) is 31.2 Å². The minimum absolute atomic E-state index is 0.0775. The van der Waals surface area contributed by atoms with E-state index in [0.717, 1.165) is 26.7 Å². The van der Waals surface area contributed by atoms with Crippen molar-refractivity contribution in [3.05, 3.63) is 62.8 Å². The molecule has 0 saturated heterocycles. The third-order valence-corrected chi connectivity index (χ3v) is 5.11. The highest BCUT2D eigenvalue weighted by molar-refractivity contribution is 14.1. The number of hydrogen-bond donors (Lipinski definition) is 1. The summed E-state index contributed by atoms with van der Waals surface area (Å²) in [6, 6.07) is 13.3. The van der Waals surface area contributed by atoms with Crippen LogP contribution < -0.4 is 14.8 Å². The Morgan fingerprint density at radius 2 is 2.04 bits per heavy atom. The fraction of sp³-hybridized carbons (Fsp3) is 0.200. The summed E-state index contributed by atoms with van der Waals surface area (Å²) in [6.45, 7) is 0.456. The first-order chi connectivity index (χ1) is 13.1. The molecule has 0 atom stereocenters. The van der Waals surface area contributed by atoms with Crippen molar-refractivity contribution in [2.45, 2.75) is 6.42 Å². The first-order valence-corrected chi connectivity index (χ1v) is 9.79. The molecular formula is C20H18ClIN2O3. The standard InChI is InChI=1S/C20H18ClIN2O3/c1-26-14-6-4-13(5-7-14)8-10-23-18(25)12-27-20-17(22)11-16(21)15-3-2-9-24-19(15)20/h2-7,9,11H,8,10,12H2,1H3,(H,23,25). The van der Waals surface area contributed by atoms with Crippen molar-refractivity contribution in [1.29, 1.82) is 0 Å². The van der Waals surface area contributed by atoms with Gasteiger partial charge in [0, 0.05) is 18.1 Å². The van der Waals surface area contributed by atoms with Gasteiger partial charge in [-0.05, 0) is 64.9 Å². The summed E-state index contributed by atoms with van der Waals surface area (Å²) in [6.07, 6.45) is 2.41. The Balaban J connectivity index is 1.55. The normalized spacial score (nSPS) is 10.6. The summed E-state index contributed by atoms with van der Waals surface area (Å²) in [5.74, 6) is 1.20. The van der Waals surface area contributed by atoms with Gasteiger partial charge in [-0.25, -0.2) is 0 Å². The number of halogens is 2.